The summed E-state index contributed by atoms with van der Waals surface area (Å²) in [7, 11) is 0. The smallest absolute Gasteiger partial charge is 0.661 e. The van der Waals surface area contributed by atoms with Gasteiger partial charge in [0, 0.05) is 0 Å². The fourth-order valence-corrected chi connectivity index (χ4v) is 1.40. The number of rotatable bonds is 8. The van der Waals surface area contributed by atoms with Crippen LogP contribution in [0.1, 0.15) is 69.2 Å². The van der Waals surface area contributed by atoms with Crippen LogP contribution in [0, 0.1) is 0 Å². The first-order valence-corrected chi connectivity index (χ1v) is 8.54. The number of hydrogen-bond donors (Lipinski definition) is 0. The first-order chi connectivity index (χ1) is 9.83. The van der Waals surface area contributed by atoms with Crippen molar-refractivity contribution in [3.8, 4) is 0 Å². The van der Waals surface area contributed by atoms with Crippen molar-refractivity contribution in [1.82, 2.24) is 0 Å². The predicted molar refractivity (Wildman–Crippen MR) is 103 cm³/mol. The van der Waals surface area contributed by atoms with Gasteiger partial charge >= 0.3 is 33.6 Å². The van der Waals surface area contributed by atoms with Crippen molar-refractivity contribution in [2.24, 2.45) is 0 Å². The Labute approximate surface area is 173 Å². The molecule has 0 spiro atoms. The first kappa shape index (κ1) is 32.5. The summed E-state index contributed by atoms with van der Waals surface area (Å²) in [6.45, 7) is 24.5. The van der Waals surface area contributed by atoms with Crippen molar-refractivity contribution < 1.29 is 33.6 Å². The Morgan fingerprint density at radius 2 is 0.792 bits per heavy atom. The van der Waals surface area contributed by atoms with Gasteiger partial charge in [-0.2, -0.15) is 26.2 Å². The first-order valence-electron chi connectivity index (χ1n) is 8.54. The summed E-state index contributed by atoms with van der Waals surface area (Å²) in [6.07, 6.45) is 0. The number of hydrogen-bond acceptors (Lipinski definition) is 0. The molecular weight excluding hydrogens is 390 g/mol. The van der Waals surface area contributed by atoms with Crippen LogP contribution in [0.2, 0.25) is 0 Å². The van der Waals surface area contributed by atoms with Crippen molar-refractivity contribution >= 4 is 0 Å². The van der Waals surface area contributed by atoms with Gasteiger partial charge in [0.1, 0.15) is 0 Å². The largest absolute Gasteiger partial charge is 2.00 e. The van der Waals surface area contributed by atoms with Gasteiger partial charge in [0.25, 0.3) is 0 Å². The Bertz CT molecular complexity index is 220. The van der Waals surface area contributed by atoms with Crippen LogP contribution in [0.5, 0.6) is 0 Å². The Morgan fingerprint density at radius 1 is 0.542 bits per heavy atom. The summed E-state index contributed by atoms with van der Waals surface area (Å²) in [6, 6.07) is 0.921. The maximum Gasteiger partial charge on any atom is 2.00 e. The average molecular weight is 430 g/mol. The third kappa shape index (κ3) is 38.4. The molecule has 0 bridgehead atoms. The third-order valence-electron chi connectivity index (χ3n) is 2.36. The molecule has 0 aliphatic rings. The van der Waals surface area contributed by atoms with E-state index in [1.807, 2.05) is 0 Å². The van der Waals surface area contributed by atoms with Gasteiger partial charge in [-0.3, -0.25) is 0 Å². The maximum absolute atomic E-state index is 4.47. The van der Waals surface area contributed by atoms with E-state index in [1.165, 1.54) is 0 Å². The molecule has 2 radical (unpaired) electrons. The van der Waals surface area contributed by atoms with Gasteiger partial charge in [-0.15, -0.1) is 23.2 Å². The van der Waals surface area contributed by atoms with E-state index in [2.05, 4.69) is 90.5 Å². The molecule has 0 aromatic rings. The second kappa shape index (κ2) is 17.3. The topological polar surface area (TPSA) is 56.4 Å². The molecule has 0 aliphatic carbocycles. The minimum absolute atomic E-state index is 0. The van der Waals surface area contributed by atoms with Crippen LogP contribution < -0.4 is 0 Å². The standard InChI is InChI=1S/C10H22N2.C8H18N2.2Co/c1-9(2,3)11-7-8-12-10(4,5)6;1-7(2)9-5-6-10-8(3)4;;/h7-8H2,1-6H3;7-8H,5-6H2,1-4H3;;/q2*-2;2*+2. The summed E-state index contributed by atoms with van der Waals surface area (Å²) in [5.74, 6) is 0. The Balaban J connectivity index is -0.000000156. The maximum atomic E-state index is 4.47. The van der Waals surface area contributed by atoms with Crippen molar-refractivity contribution in [3.63, 3.8) is 0 Å². The van der Waals surface area contributed by atoms with Crippen LogP contribution in [0.3, 0.4) is 0 Å². The van der Waals surface area contributed by atoms with Crippen LogP contribution >= 0.6 is 0 Å². The molecule has 0 saturated carbocycles. The fourth-order valence-electron chi connectivity index (χ4n) is 1.40. The molecule has 0 aromatic heterocycles. The molecule has 150 valence electrons. The molecule has 0 aliphatic heterocycles. The van der Waals surface area contributed by atoms with E-state index in [9.17, 15) is 0 Å². The second-order valence-electron chi connectivity index (χ2n) is 8.10. The van der Waals surface area contributed by atoms with Crippen LogP contribution in [0.15, 0.2) is 0 Å². The van der Waals surface area contributed by atoms with Crippen LogP contribution in [0.4, 0.5) is 0 Å². The zero-order valence-electron chi connectivity index (χ0n) is 17.4. The summed E-state index contributed by atoms with van der Waals surface area (Å²) in [4.78, 5) is 0. The zero-order valence-corrected chi connectivity index (χ0v) is 19.5. The molecule has 0 aromatic carbocycles. The van der Waals surface area contributed by atoms with Gasteiger partial charge in [-0.1, -0.05) is 69.2 Å². The third-order valence-corrected chi connectivity index (χ3v) is 2.36. The second-order valence-corrected chi connectivity index (χ2v) is 8.10. The molecule has 24 heavy (non-hydrogen) atoms. The predicted octanol–water partition coefficient (Wildman–Crippen LogP) is 5.88. The Morgan fingerprint density at radius 3 is 0.958 bits per heavy atom. The van der Waals surface area contributed by atoms with E-state index >= 15 is 0 Å². The molecule has 0 fully saturated rings. The van der Waals surface area contributed by atoms with Gasteiger partial charge in [0.2, 0.25) is 0 Å². The Hall–Kier alpha value is 0.853. The summed E-state index contributed by atoms with van der Waals surface area (Å²) in [5.41, 5.74) is 0.181. The van der Waals surface area contributed by atoms with Gasteiger partial charge in [-0.05, 0) is 0 Å². The molecule has 0 heterocycles. The SMILES string of the molecule is CC(C)(C)[N-]CC[N-]C(C)(C)C.CC(C)[N-]CC[N-]C(C)C.[Co+2].[Co+2]. The van der Waals surface area contributed by atoms with E-state index in [-0.39, 0.29) is 44.6 Å². The quantitative estimate of drug-likeness (QED) is 0.432. The van der Waals surface area contributed by atoms with E-state index in [4.69, 9.17) is 0 Å². The van der Waals surface area contributed by atoms with Crippen LogP contribution in [-0.2, 0) is 33.6 Å². The summed E-state index contributed by atoms with van der Waals surface area (Å²) in [5, 5.41) is 17.5. The van der Waals surface area contributed by atoms with E-state index in [1.54, 1.807) is 0 Å². The summed E-state index contributed by atoms with van der Waals surface area (Å²) < 4.78 is 0. The van der Waals surface area contributed by atoms with Gasteiger partial charge < -0.3 is 21.3 Å². The minimum atomic E-state index is 0. The van der Waals surface area contributed by atoms with Gasteiger partial charge in [0.05, 0.1) is 0 Å². The van der Waals surface area contributed by atoms with Crippen LogP contribution in [-0.4, -0.2) is 49.3 Å². The van der Waals surface area contributed by atoms with E-state index < -0.39 is 0 Å². The molecule has 0 atom stereocenters. The van der Waals surface area contributed by atoms with E-state index in [0.29, 0.717) is 12.1 Å². The average Bonchev–Trinajstić information content (AvgIpc) is 2.28. The zero-order chi connectivity index (χ0) is 17.8. The van der Waals surface area contributed by atoms with Crippen molar-refractivity contribution in [2.75, 3.05) is 26.2 Å². The molecular formula is C18H40Co2N4. The molecule has 0 amide bonds. The van der Waals surface area contributed by atoms with Crippen LogP contribution in [0.25, 0.3) is 21.3 Å². The van der Waals surface area contributed by atoms with E-state index in [0.717, 1.165) is 26.2 Å². The van der Waals surface area contributed by atoms with Gasteiger partial charge in [0.15, 0.2) is 0 Å². The van der Waals surface area contributed by atoms with Crippen molar-refractivity contribution in [3.05, 3.63) is 21.3 Å². The normalized spacial score (nSPS) is 11.5. The summed E-state index contributed by atoms with van der Waals surface area (Å²) >= 11 is 0. The molecule has 6 heteroatoms. The molecule has 0 N–H and O–H groups in total. The molecule has 4 nitrogen and oxygen atoms in total. The molecule has 0 saturated heterocycles. The van der Waals surface area contributed by atoms with Crippen molar-refractivity contribution in [1.29, 1.82) is 0 Å². The number of nitrogens with zero attached hydrogens (tertiary/aromatic N) is 4. The van der Waals surface area contributed by atoms with Crippen molar-refractivity contribution in [2.45, 2.75) is 92.4 Å². The van der Waals surface area contributed by atoms with Gasteiger partial charge in [-0.25, -0.2) is 0 Å². The monoisotopic (exact) mass is 430 g/mol. The fraction of sp³-hybridized carbons (Fsp3) is 1.00. The Kier molecular flexibility index (Phi) is 23.4. The molecule has 0 rings (SSSR count). The molecule has 0 unspecified atom stereocenters. The minimum Gasteiger partial charge on any atom is -0.661 e.